The first-order valence-electron chi connectivity index (χ1n) is 5.47. The zero-order valence-electron chi connectivity index (χ0n) is 10.1. The summed E-state index contributed by atoms with van der Waals surface area (Å²) in [5.41, 5.74) is 1.07. The van der Waals surface area contributed by atoms with Crippen molar-refractivity contribution in [2.45, 2.75) is 26.3 Å². The summed E-state index contributed by atoms with van der Waals surface area (Å²) in [6, 6.07) is 7.84. The van der Waals surface area contributed by atoms with Crippen LogP contribution in [-0.2, 0) is 16.1 Å². The molecule has 0 aliphatic carbocycles. The molecule has 3 nitrogen and oxygen atoms in total. The molecular weight excluding hydrogens is 282 g/mol. The number of amides is 1. The van der Waals surface area contributed by atoms with Crippen molar-refractivity contribution in [2.24, 2.45) is 0 Å². The summed E-state index contributed by atoms with van der Waals surface area (Å²) in [5, 5.41) is 0. The van der Waals surface area contributed by atoms with Gasteiger partial charge in [-0.1, -0.05) is 28.1 Å². The van der Waals surface area contributed by atoms with Crippen molar-refractivity contribution < 1.29 is 9.59 Å². The van der Waals surface area contributed by atoms with Gasteiger partial charge in [-0.15, -0.1) is 0 Å². The number of ketones is 1. The average molecular weight is 298 g/mol. The zero-order valence-corrected chi connectivity index (χ0v) is 11.7. The predicted octanol–water partition coefficient (Wildman–Crippen LogP) is 2.78. The van der Waals surface area contributed by atoms with Crippen LogP contribution in [0.4, 0.5) is 0 Å². The fourth-order valence-electron chi connectivity index (χ4n) is 1.47. The smallest absolute Gasteiger partial charge is 0.223 e. The van der Waals surface area contributed by atoms with E-state index in [4.69, 9.17) is 0 Å². The minimum absolute atomic E-state index is 0.000163. The van der Waals surface area contributed by atoms with Gasteiger partial charge in [0.1, 0.15) is 5.78 Å². The Morgan fingerprint density at radius 2 is 2.00 bits per heavy atom. The number of hydrogen-bond donors (Lipinski definition) is 0. The monoisotopic (exact) mass is 297 g/mol. The Balaban J connectivity index is 2.51. The highest BCUT2D eigenvalue weighted by Crippen LogP contribution is 2.13. The molecule has 0 aromatic heterocycles. The van der Waals surface area contributed by atoms with Crippen LogP contribution in [0.2, 0.25) is 0 Å². The molecule has 4 heteroatoms. The van der Waals surface area contributed by atoms with E-state index in [2.05, 4.69) is 15.9 Å². The highest BCUT2D eigenvalue weighted by Gasteiger charge is 2.10. The topological polar surface area (TPSA) is 37.4 Å². The molecule has 17 heavy (non-hydrogen) atoms. The molecule has 1 aromatic rings. The summed E-state index contributed by atoms with van der Waals surface area (Å²) in [6.45, 7) is 2.07. The van der Waals surface area contributed by atoms with E-state index in [1.165, 1.54) is 6.92 Å². The molecule has 0 radical (unpaired) electrons. The fraction of sp³-hybridized carbons (Fsp3) is 0.385. The molecule has 0 heterocycles. The van der Waals surface area contributed by atoms with Gasteiger partial charge in [-0.2, -0.15) is 0 Å². The van der Waals surface area contributed by atoms with Crippen LogP contribution in [-0.4, -0.2) is 23.6 Å². The van der Waals surface area contributed by atoms with Crippen molar-refractivity contribution in [1.82, 2.24) is 4.90 Å². The van der Waals surface area contributed by atoms with Crippen LogP contribution in [0, 0.1) is 0 Å². The summed E-state index contributed by atoms with van der Waals surface area (Å²) in [6.07, 6.45) is 0.613. The zero-order chi connectivity index (χ0) is 12.8. The Morgan fingerprint density at radius 1 is 1.29 bits per heavy atom. The van der Waals surface area contributed by atoms with Crippen LogP contribution in [0.25, 0.3) is 0 Å². The van der Waals surface area contributed by atoms with Crippen molar-refractivity contribution >= 4 is 27.6 Å². The van der Waals surface area contributed by atoms with E-state index in [9.17, 15) is 9.59 Å². The predicted molar refractivity (Wildman–Crippen MR) is 70.5 cm³/mol. The maximum Gasteiger partial charge on any atom is 0.223 e. The van der Waals surface area contributed by atoms with Gasteiger partial charge in [-0.25, -0.2) is 0 Å². The normalized spacial score (nSPS) is 10.1. The molecule has 1 rings (SSSR count). The Morgan fingerprint density at radius 3 is 2.59 bits per heavy atom. The van der Waals surface area contributed by atoms with Crippen molar-refractivity contribution in [3.8, 4) is 0 Å². The maximum atomic E-state index is 11.7. The van der Waals surface area contributed by atoms with Crippen LogP contribution in [0.3, 0.4) is 0 Å². The van der Waals surface area contributed by atoms with Crippen LogP contribution >= 0.6 is 15.9 Å². The van der Waals surface area contributed by atoms with Crippen LogP contribution in [0.5, 0.6) is 0 Å². The number of Topliss-reactive ketones (excluding diaryl/α,β-unsaturated/α-hetero) is 1. The van der Waals surface area contributed by atoms with E-state index in [1.54, 1.807) is 11.9 Å². The van der Waals surface area contributed by atoms with Gasteiger partial charge in [0.05, 0.1) is 0 Å². The lowest BCUT2D eigenvalue weighted by atomic mass is 10.2. The highest BCUT2D eigenvalue weighted by molar-refractivity contribution is 9.10. The molecule has 0 saturated carbocycles. The summed E-state index contributed by atoms with van der Waals surface area (Å²) >= 11 is 3.39. The highest BCUT2D eigenvalue weighted by atomic mass is 79.9. The first-order valence-corrected chi connectivity index (χ1v) is 6.26. The van der Waals surface area contributed by atoms with Gasteiger partial charge in [0, 0.05) is 30.9 Å². The van der Waals surface area contributed by atoms with Crippen LogP contribution in [0.15, 0.2) is 28.7 Å². The van der Waals surface area contributed by atoms with E-state index in [0.717, 1.165) is 10.0 Å². The SMILES string of the molecule is CC(=O)CCC(=O)N(C)Cc1cccc(Br)c1. The largest absolute Gasteiger partial charge is 0.341 e. The van der Waals surface area contributed by atoms with Gasteiger partial charge in [0.15, 0.2) is 0 Å². The molecule has 1 aromatic carbocycles. The molecule has 0 spiro atoms. The van der Waals surface area contributed by atoms with Crippen molar-refractivity contribution in [3.05, 3.63) is 34.3 Å². The molecule has 92 valence electrons. The van der Waals surface area contributed by atoms with Crippen molar-refractivity contribution in [1.29, 1.82) is 0 Å². The molecule has 0 N–H and O–H groups in total. The second-order valence-corrected chi connectivity index (χ2v) is 5.00. The lowest BCUT2D eigenvalue weighted by Crippen LogP contribution is -2.26. The van der Waals surface area contributed by atoms with E-state index >= 15 is 0 Å². The molecule has 0 aliphatic heterocycles. The number of benzene rings is 1. The van der Waals surface area contributed by atoms with Crippen molar-refractivity contribution in [2.75, 3.05) is 7.05 Å². The second kappa shape index (κ2) is 6.55. The summed E-state index contributed by atoms with van der Waals surface area (Å²) < 4.78 is 1.000. The van der Waals surface area contributed by atoms with Gasteiger partial charge in [-0.05, 0) is 24.6 Å². The summed E-state index contributed by atoms with van der Waals surface area (Å²) in [7, 11) is 1.75. The van der Waals surface area contributed by atoms with Crippen LogP contribution < -0.4 is 0 Å². The summed E-state index contributed by atoms with van der Waals surface area (Å²) in [4.78, 5) is 24.1. The van der Waals surface area contributed by atoms with E-state index in [0.29, 0.717) is 19.4 Å². The number of hydrogen-bond acceptors (Lipinski definition) is 2. The minimum Gasteiger partial charge on any atom is -0.341 e. The molecule has 1 amide bonds. The van der Waals surface area contributed by atoms with Gasteiger partial charge in [0.25, 0.3) is 0 Å². The average Bonchev–Trinajstić information content (AvgIpc) is 2.25. The van der Waals surface area contributed by atoms with Gasteiger partial charge in [-0.3, -0.25) is 4.79 Å². The quantitative estimate of drug-likeness (QED) is 0.838. The molecule has 0 atom stereocenters. The maximum absolute atomic E-state index is 11.7. The van der Waals surface area contributed by atoms with Gasteiger partial charge < -0.3 is 9.69 Å². The Bertz CT molecular complexity index is 418. The third-order valence-corrected chi connectivity index (χ3v) is 2.92. The lowest BCUT2D eigenvalue weighted by molar-refractivity contribution is -0.132. The lowest BCUT2D eigenvalue weighted by Gasteiger charge is -2.17. The minimum atomic E-state index is 0.000163. The van der Waals surface area contributed by atoms with Gasteiger partial charge >= 0.3 is 0 Å². The third-order valence-electron chi connectivity index (χ3n) is 2.43. The number of nitrogens with zero attached hydrogens (tertiary/aromatic N) is 1. The number of carbonyl (C=O) groups is 2. The van der Waals surface area contributed by atoms with Gasteiger partial charge in [0.2, 0.25) is 5.91 Å². The number of carbonyl (C=O) groups excluding carboxylic acids is 2. The standard InChI is InChI=1S/C13H16BrNO2/c1-10(16)6-7-13(17)15(2)9-11-4-3-5-12(14)8-11/h3-5,8H,6-7,9H2,1-2H3. The molecule has 0 fully saturated rings. The number of halogens is 1. The number of rotatable bonds is 5. The molecule has 0 unspecified atom stereocenters. The van der Waals surface area contributed by atoms with E-state index in [1.807, 2.05) is 24.3 Å². The van der Waals surface area contributed by atoms with E-state index < -0.39 is 0 Å². The third kappa shape index (κ3) is 5.13. The van der Waals surface area contributed by atoms with Crippen LogP contribution in [0.1, 0.15) is 25.3 Å². The fourth-order valence-corrected chi connectivity index (χ4v) is 1.92. The first-order chi connectivity index (χ1) is 7.99. The molecular formula is C13H16BrNO2. The molecule has 0 aliphatic rings. The Hall–Kier alpha value is -1.16. The summed E-state index contributed by atoms with van der Waals surface area (Å²) in [5.74, 6) is 0.0504. The Kier molecular flexibility index (Phi) is 5.35. The Labute approximate surface area is 110 Å². The van der Waals surface area contributed by atoms with E-state index in [-0.39, 0.29) is 11.7 Å². The molecule has 0 bridgehead atoms. The second-order valence-electron chi connectivity index (χ2n) is 4.08. The first kappa shape index (κ1) is 13.9. The molecule has 0 saturated heterocycles. The van der Waals surface area contributed by atoms with Crippen molar-refractivity contribution in [3.63, 3.8) is 0 Å².